The zero-order chi connectivity index (χ0) is 42.6. The van der Waals surface area contributed by atoms with Crippen LogP contribution in [-0.4, -0.2) is 46.2 Å². The van der Waals surface area contributed by atoms with Gasteiger partial charge in [0.25, 0.3) is 0 Å². The van der Waals surface area contributed by atoms with Crippen LogP contribution in [0.4, 0.5) is 5.69 Å². The number of hydrogen-bond acceptors (Lipinski definition) is 7. The first-order valence-corrected chi connectivity index (χ1v) is 21.9. The summed E-state index contributed by atoms with van der Waals surface area (Å²) in [6.07, 6.45) is 4.40. The Hall–Kier alpha value is -4.95. The predicted molar refractivity (Wildman–Crippen MR) is 237 cm³/mol. The summed E-state index contributed by atoms with van der Waals surface area (Å²) < 4.78 is 45.1. The van der Waals surface area contributed by atoms with Gasteiger partial charge in [0, 0.05) is 27.5 Å². The molecular weight excluding hydrogens is 755 g/mol. The zero-order valence-electron chi connectivity index (χ0n) is 36.5. The van der Waals surface area contributed by atoms with Crippen LogP contribution in [0.2, 0.25) is 0 Å². The van der Waals surface area contributed by atoms with Crippen LogP contribution in [0.3, 0.4) is 0 Å². The molecule has 5 aromatic carbocycles. The van der Waals surface area contributed by atoms with Gasteiger partial charge in [-0.2, -0.15) is 0 Å². The molecule has 0 radical (unpaired) electrons. The highest BCUT2D eigenvalue weighted by Gasteiger charge is 2.54. The summed E-state index contributed by atoms with van der Waals surface area (Å²) in [6.45, 7) is 30.4. The Morgan fingerprint density at radius 2 is 1.25 bits per heavy atom. The Balaban J connectivity index is 1.23. The molecule has 8 nitrogen and oxygen atoms in total. The van der Waals surface area contributed by atoms with E-state index in [0.717, 1.165) is 50.1 Å². The predicted octanol–water partition coefficient (Wildman–Crippen LogP) is 12.3. The first-order chi connectivity index (χ1) is 27.7. The Morgan fingerprint density at radius 1 is 0.695 bits per heavy atom. The summed E-state index contributed by atoms with van der Waals surface area (Å²) in [5.41, 5.74) is 5.26. The van der Waals surface area contributed by atoms with Gasteiger partial charge in [-0.05, 0) is 120 Å². The minimum absolute atomic E-state index is 0.200. The molecule has 0 saturated carbocycles. The van der Waals surface area contributed by atoms with E-state index in [0.29, 0.717) is 11.4 Å². The topological polar surface area (TPSA) is 69.0 Å². The first-order valence-electron chi connectivity index (χ1n) is 20.3. The maximum atomic E-state index is 7.73. The van der Waals surface area contributed by atoms with Crippen LogP contribution < -0.4 is 14.2 Å². The quantitative estimate of drug-likeness (QED) is 0.0747. The Labute approximate surface area is 351 Å². The maximum Gasteiger partial charge on any atom is 0.681 e. The highest BCUT2D eigenvalue weighted by molar-refractivity contribution is 6.54. The fraction of sp³-hybridized carbons (Fsp3) is 0.380. The number of fused-ring (bicyclic) bond motifs is 8. The van der Waals surface area contributed by atoms with Crippen molar-refractivity contribution in [2.75, 3.05) is 20.3 Å². The van der Waals surface area contributed by atoms with Gasteiger partial charge in [-0.25, -0.2) is 4.85 Å². The molecule has 1 aliphatic heterocycles. The highest BCUT2D eigenvalue weighted by Crippen LogP contribution is 2.58. The van der Waals surface area contributed by atoms with Crippen LogP contribution in [0.15, 0.2) is 97.1 Å². The second-order valence-corrected chi connectivity index (χ2v) is 20.7. The Bertz CT molecular complexity index is 2390. The molecule has 0 aromatic heterocycles. The molecule has 0 amide bonds. The fourth-order valence-electron chi connectivity index (χ4n) is 8.21. The van der Waals surface area contributed by atoms with Crippen molar-refractivity contribution in [2.45, 2.75) is 104 Å². The van der Waals surface area contributed by atoms with Gasteiger partial charge < -0.3 is 31.9 Å². The lowest BCUT2D eigenvalue weighted by atomic mass is 9.76. The van der Waals surface area contributed by atoms with Crippen molar-refractivity contribution in [1.29, 1.82) is 0 Å². The minimum Gasteiger partial charge on any atom is -0.497 e. The molecule has 1 atom stereocenters. The van der Waals surface area contributed by atoms with Crippen LogP contribution in [0.1, 0.15) is 104 Å². The molecule has 1 aliphatic carbocycles. The molecule has 0 bridgehead atoms. The van der Waals surface area contributed by atoms with E-state index in [1.165, 1.54) is 11.1 Å². The van der Waals surface area contributed by atoms with Gasteiger partial charge in [-0.3, -0.25) is 0 Å². The number of rotatable bonds is 11. The van der Waals surface area contributed by atoms with E-state index in [1.54, 1.807) is 7.11 Å². The highest BCUT2D eigenvalue weighted by atomic mass is 28.4. The average molecular weight is 812 g/mol. The SMILES string of the molecule is [C-]#[N+]c1ccc2c(c1)C(C)(C)c1c3c(c4ccccc4c1-2)OC(c1ccc(OC)cc1)(c1ccc(OCCO[Si](OC(C)(C)C)(OC(C)(C)C)OC(C)(C)C)cc1)C=C3. The van der Waals surface area contributed by atoms with E-state index in [9.17, 15) is 0 Å². The summed E-state index contributed by atoms with van der Waals surface area (Å²) in [4.78, 5) is 3.77. The van der Waals surface area contributed by atoms with Crippen molar-refractivity contribution < 1.29 is 31.9 Å². The smallest absolute Gasteiger partial charge is 0.497 e. The molecule has 308 valence electrons. The average Bonchev–Trinajstić information content (AvgIpc) is 3.40. The molecule has 0 saturated heterocycles. The van der Waals surface area contributed by atoms with Gasteiger partial charge in [0.15, 0.2) is 11.3 Å². The van der Waals surface area contributed by atoms with Crippen molar-refractivity contribution in [2.24, 2.45) is 0 Å². The van der Waals surface area contributed by atoms with Gasteiger partial charge in [-0.15, -0.1) is 0 Å². The van der Waals surface area contributed by atoms with Gasteiger partial charge in [0.05, 0.1) is 37.1 Å². The summed E-state index contributed by atoms with van der Waals surface area (Å²) >= 11 is 0. The van der Waals surface area contributed by atoms with Crippen molar-refractivity contribution >= 4 is 31.6 Å². The molecular formula is C50H57NO7Si. The number of methoxy groups -OCH3 is 1. The second-order valence-electron chi connectivity index (χ2n) is 18.8. The molecule has 0 N–H and O–H groups in total. The van der Waals surface area contributed by atoms with E-state index in [2.05, 4.69) is 85.4 Å². The first kappa shape index (κ1) is 42.2. The van der Waals surface area contributed by atoms with Crippen LogP contribution in [0.5, 0.6) is 17.2 Å². The van der Waals surface area contributed by atoms with Crippen LogP contribution in [0.25, 0.3) is 32.8 Å². The normalized spacial score (nSPS) is 17.1. The van der Waals surface area contributed by atoms with Gasteiger partial charge >= 0.3 is 9.05 Å². The van der Waals surface area contributed by atoms with Gasteiger partial charge in [-0.1, -0.05) is 86.7 Å². The number of benzene rings is 5. The molecule has 1 heterocycles. The monoisotopic (exact) mass is 811 g/mol. The lowest BCUT2D eigenvalue weighted by Crippen LogP contribution is -2.59. The third kappa shape index (κ3) is 8.43. The van der Waals surface area contributed by atoms with E-state index in [1.807, 2.05) is 98.7 Å². The van der Waals surface area contributed by atoms with Crippen molar-refractivity contribution in [3.05, 3.63) is 136 Å². The summed E-state index contributed by atoms with van der Waals surface area (Å²) in [7, 11) is -1.97. The molecule has 9 heteroatoms. The Kier molecular flexibility index (Phi) is 10.9. The maximum absolute atomic E-state index is 7.73. The van der Waals surface area contributed by atoms with Crippen molar-refractivity contribution in [1.82, 2.24) is 0 Å². The second kappa shape index (κ2) is 15.3. The lowest BCUT2D eigenvalue weighted by Gasteiger charge is -2.41. The van der Waals surface area contributed by atoms with E-state index in [4.69, 9.17) is 38.5 Å². The molecule has 5 aromatic rings. The van der Waals surface area contributed by atoms with Crippen LogP contribution >= 0.6 is 0 Å². The number of nitrogens with zero attached hydrogens (tertiary/aromatic N) is 1. The summed E-state index contributed by atoms with van der Waals surface area (Å²) in [6, 6.07) is 30.7. The largest absolute Gasteiger partial charge is 0.681 e. The lowest BCUT2D eigenvalue weighted by molar-refractivity contribution is -0.135. The van der Waals surface area contributed by atoms with Crippen LogP contribution in [-0.2, 0) is 28.7 Å². The number of ether oxygens (including phenoxy) is 3. The molecule has 59 heavy (non-hydrogen) atoms. The van der Waals surface area contributed by atoms with Crippen molar-refractivity contribution in [3.8, 4) is 28.4 Å². The molecule has 7 rings (SSSR count). The Morgan fingerprint density at radius 3 is 1.80 bits per heavy atom. The standard InChI is InChI=1S/C50H57NO7Si/c1-46(2,3)56-59(57-47(4,5)6,58-48(7,8)9)54-31-30-53-37-25-20-34(21-26-37)50(33-18-23-36(52-13)24-19-33)29-28-41-44-43(38-16-14-15-17-39(38)45(41)55-50)40-27-22-35(51-12)32-42(40)49(44,10)11/h14-29,32H,30-31H2,1-11,13H3. The van der Waals surface area contributed by atoms with E-state index < -0.39 is 31.5 Å². The zero-order valence-corrected chi connectivity index (χ0v) is 37.5. The number of hydrogen-bond donors (Lipinski definition) is 0. The third-order valence-electron chi connectivity index (χ3n) is 10.4. The van der Waals surface area contributed by atoms with Crippen molar-refractivity contribution in [3.63, 3.8) is 0 Å². The van der Waals surface area contributed by atoms with Gasteiger partial charge in [0.1, 0.15) is 23.9 Å². The summed E-state index contributed by atoms with van der Waals surface area (Å²) in [5.74, 6) is 2.26. The molecule has 0 spiro atoms. The van der Waals surface area contributed by atoms with Crippen LogP contribution in [0, 0.1) is 6.57 Å². The molecule has 2 aliphatic rings. The summed E-state index contributed by atoms with van der Waals surface area (Å²) in [5, 5.41) is 2.15. The minimum atomic E-state index is -3.64. The fourth-order valence-corrected chi connectivity index (χ4v) is 11.1. The van der Waals surface area contributed by atoms with Gasteiger partial charge in [0.2, 0.25) is 0 Å². The van der Waals surface area contributed by atoms with E-state index in [-0.39, 0.29) is 18.6 Å². The van der Waals surface area contributed by atoms with E-state index >= 15 is 0 Å². The third-order valence-corrected chi connectivity index (χ3v) is 13.5. The molecule has 1 unspecified atom stereocenters. The molecule has 0 fully saturated rings.